The number of nitrogens with one attached hydrogen (secondary N) is 1. The van der Waals surface area contributed by atoms with Crippen LogP contribution in [0.15, 0.2) is 24.5 Å². The molecule has 1 aliphatic heterocycles. The van der Waals surface area contributed by atoms with Crippen LogP contribution >= 0.6 is 0 Å². The van der Waals surface area contributed by atoms with Gasteiger partial charge in [-0.2, -0.15) is 0 Å². The highest BCUT2D eigenvalue weighted by Gasteiger charge is 2.32. The fourth-order valence-electron chi connectivity index (χ4n) is 1.85. The molecule has 1 fully saturated rings. The zero-order valence-corrected chi connectivity index (χ0v) is 9.82. The highest BCUT2D eigenvalue weighted by Crippen LogP contribution is 2.09. The Morgan fingerprint density at radius 2 is 2.11 bits per heavy atom. The minimum atomic E-state index is -0.986. The molecule has 3 N–H and O–H groups in total. The zero-order valence-electron chi connectivity index (χ0n) is 9.82. The monoisotopic (exact) mass is 252 g/mol. The van der Waals surface area contributed by atoms with Crippen molar-refractivity contribution >= 4 is 5.91 Å². The second-order valence-electron chi connectivity index (χ2n) is 4.30. The number of carbonyl (C=O) groups is 1. The van der Waals surface area contributed by atoms with Crippen LogP contribution in [0.25, 0.3) is 0 Å². The van der Waals surface area contributed by atoms with Crippen LogP contribution in [0.1, 0.15) is 5.56 Å². The van der Waals surface area contributed by atoms with Gasteiger partial charge in [-0.15, -0.1) is 0 Å². The average molecular weight is 252 g/mol. The fourth-order valence-corrected chi connectivity index (χ4v) is 1.85. The summed E-state index contributed by atoms with van der Waals surface area (Å²) in [5, 5.41) is 21.8. The number of rotatable bonds is 3. The Morgan fingerprint density at radius 3 is 2.83 bits per heavy atom. The third-order valence-corrected chi connectivity index (χ3v) is 2.85. The van der Waals surface area contributed by atoms with E-state index < -0.39 is 18.2 Å². The Hall–Kier alpha value is -1.50. The molecule has 0 bridgehead atoms. The summed E-state index contributed by atoms with van der Waals surface area (Å²) >= 11 is 0. The number of carbonyl (C=O) groups excluding carboxylic acids is 1. The first-order chi connectivity index (χ1) is 8.66. The van der Waals surface area contributed by atoms with E-state index in [1.165, 1.54) is 0 Å². The van der Waals surface area contributed by atoms with Gasteiger partial charge in [-0.3, -0.25) is 9.78 Å². The van der Waals surface area contributed by atoms with E-state index in [0.29, 0.717) is 0 Å². The predicted octanol–water partition coefficient (Wildman–Crippen LogP) is -1.14. The van der Waals surface area contributed by atoms with E-state index in [1.54, 1.807) is 24.5 Å². The van der Waals surface area contributed by atoms with Crippen molar-refractivity contribution in [2.24, 2.45) is 0 Å². The summed E-state index contributed by atoms with van der Waals surface area (Å²) in [6.07, 6.45) is 1.50. The van der Waals surface area contributed by atoms with Crippen LogP contribution in [0.4, 0.5) is 0 Å². The normalized spacial score (nSPS) is 27.8. The van der Waals surface area contributed by atoms with E-state index in [2.05, 4.69) is 10.3 Å². The van der Waals surface area contributed by atoms with Gasteiger partial charge in [-0.05, 0) is 17.7 Å². The summed E-state index contributed by atoms with van der Waals surface area (Å²) in [6, 6.07) is 2.94. The highest BCUT2D eigenvalue weighted by molar-refractivity contribution is 5.78. The highest BCUT2D eigenvalue weighted by atomic mass is 16.5. The third-order valence-electron chi connectivity index (χ3n) is 2.85. The molecule has 6 heteroatoms. The number of nitrogens with zero attached hydrogens (tertiary/aromatic N) is 1. The van der Waals surface area contributed by atoms with E-state index in [9.17, 15) is 15.0 Å². The lowest BCUT2D eigenvalue weighted by atomic mass is 10.0. The largest absolute Gasteiger partial charge is 0.388 e. The number of hydrogen-bond donors (Lipinski definition) is 3. The summed E-state index contributed by atoms with van der Waals surface area (Å²) in [5.74, 6) is -0.219. The summed E-state index contributed by atoms with van der Waals surface area (Å²) in [5.41, 5.74) is 0.842. The number of hydrogen-bond acceptors (Lipinski definition) is 5. The Labute approximate surface area is 105 Å². The van der Waals surface area contributed by atoms with Crippen LogP contribution in [-0.2, 0) is 16.0 Å². The fraction of sp³-hybridized carbons (Fsp3) is 0.500. The van der Waals surface area contributed by atoms with Crippen LogP contribution in [0.2, 0.25) is 0 Å². The SMILES string of the molecule is O=C(Cc1ccncc1)N[C@@H]1COC[C@@H](O)[C@H]1O. The van der Waals surface area contributed by atoms with Crippen molar-refractivity contribution in [1.82, 2.24) is 10.3 Å². The molecule has 18 heavy (non-hydrogen) atoms. The van der Waals surface area contributed by atoms with Gasteiger partial charge in [0.25, 0.3) is 0 Å². The van der Waals surface area contributed by atoms with E-state index >= 15 is 0 Å². The van der Waals surface area contributed by atoms with Crippen molar-refractivity contribution in [3.63, 3.8) is 0 Å². The maximum atomic E-state index is 11.8. The van der Waals surface area contributed by atoms with E-state index in [-0.39, 0.29) is 25.5 Å². The maximum absolute atomic E-state index is 11.8. The third kappa shape index (κ3) is 3.25. The molecule has 0 radical (unpaired) electrons. The topological polar surface area (TPSA) is 91.7 Å². The van der Waals surface area contributed by atoms with Crippen molar-refractivity contribution in [1.29, 1.82) is 0 Å². The molecule has 98 valence electrons. The summed E-state index contributed by atoms with van der Waals surface area (Å²) < 4.78 is 5.08. The van der Waals surface area contributed by atoms with E-state index in [1.807, 2.05) is 0 Å². The lowest BCUT2D eigenvalue weighted by Gasteiger charge is -2.32. The van der Waals surface area contributed by atoms with Crippen molar-refractivity contribution in [3.8, 4) is 0 Å². The number of aliphatic hydroxyl groups excluding tert-OH is 2. The molecule has 1 aromatic heterocycles. The van der Waals surface area contributed by atoms with Crippen molar-refractivity contribution in [2.75, 3.05) is 13.2 Å². The minimum Gasteiger partial charge on any atom is -0.388 e. The second kappa shape index (κ2) is 5.90. The van der Waals surface area contributed by atoms with Gasteiger partial charge in [-0.25, -0.2) is 0 Å². The molecule has 1 amide bonds. The smallest absolute Gasteiger partial charge is 0.224 e. The summed E-state index contributed by atoms with van der Waals surface area (Å²) in [4.78, 5) is 15.6. The molecule has 0 spiro atoms. The first kappa shape index (κ1) is 12.9. The Kier molecular flexibility index (Phi) is 4.24. The number of aliphatic hydroxyl groups is 2. The Balaban J connectivity index is 1.87. The first-order valence-corrected chi connectivity index (χ1v) is 5.79. The van der Waals surface area contributed by atoms with Gasteiger partial charge in [0.15, 0.2) is 0 Å². The Morgan fingerprint density at radius 1 is 1.39 bits per heavy atom. The summed E-state index contributed by atoms with van der Waals surface area (Å²) in [7, 11) is 0. The van der Waals surface area contributed by atoms with Crippen molar-refractivity contribution < 1.29 is 19.7 Å². The molecule has 0 unspecified atom stereocenters. The Bertz CT molecular complexity index is 398. The van der Waals surface area contributed by atoms with Crippen LogP contribution in [-0.4, -0.2) is 52.6 Å². The quantitative estimate of drug-likeness (QED) is 0.632. The standard InChI is InChI=1S/C12H16N2O4/c15-10-7-18-6-9(12(10)17)14-11(16)5-8-1-3-13-4-2-8/h1-4,9-10,12,15,17H,5-7H2,(H,14,16)/t9-,10-,12+/m1/s1. The zero-order chi connectivity index (χ0) is 13.0. The molecular formula is C12H16N2O4. The van der Waals surface area contributed by atoms with Crippen molar-refractivity contribution in [3.05, 3.63) is 30.1 Å². The van der Waals surface area contributed by atoms with E-state index in [4.69, 9.17) is 4.74 Å². The molecule has 2 heterocycles. The first-order valence-electron chi connectivity index (χ1n) is 5.79. The number of pyridine rings is 1. The molecule has 1 aliphatic rings. The van der Waals surface area contributed by atoms with Gasteiger partial charge < -0.3 is 20.3 Å². The molecule has 0 saturated carbocycles. The van der Waals surface area contributed by atoms with Crippen molar-refractivity contribution in [2.45, 2.75) is 24.7 Å². The van der Waals surface area contributed by atoms with Gasteiger partial charge >= 0.3 is 0 Å². The lowest BCUT2D eigenvalue weighted by molar-refractivity contribution is -0.131. The summed E-state index contributed by atoms with van der Waals surface area (Å²) in [6.45, 7) is 0.304. The van der Waals surface area contributed by atoms with Gasteiger partial charge in [0.2, 0.25) is 5.91 Å². The molecular weight excluding hydrogens is 236 g/mol. The van der Waals surface area contributed by atoms with Crippen LogP contribution in [0.3, 0.4) is 0 Å². The van der Waals surface area contributed by atoms with E-state index in [0.717, 1.165) is 5.56 Å². The van der Waals surface area contributed by atoms with Gasteiger partial charge in [-0.1, -0.05) is 0 Å². The molecule has 0 aliphatic carbocycles. The predicted molar refractivity (Wildman–Crippen MR) is 62.7 cm³/mol. The molecule has 1 saturated heterocycles. The number of ether oxygens (including phenoxy) is 1. The lowest BCUT2D eigenvalue weighted by Crippen LogP contribution is -2.56. The molecule has 6 nitrogen and oxygen atoms in total. The van der Waals surface area contributed by atoms with Gasteiger partial charge in [0.05, 0.1) is 25.7 Å². The van der Waals surface area contributed by atoms with Crippen LogP contribution in [0.5, 0.6) is 0 Å². The minimum absolute atomic E-state index is 0.0951. The van der Waals surface area contributed by atoms with Gasteiger partial charge in [0.1, 0.15) is 12.2 Å². The molecule has 1 aromatic rings. The number of aromatic nitrogens is 1. The molecule has 2 rings (SSSR count). The van der Waals surface area contributed by atoms with Crippen LogP contribution in [0, 0.1) is 0 Å². The van der Waals surface area contributed by atoms with Gasteiger partial charge in [0, 0.05) is 12.4 Å². The number of amides is 1. The maximum Gasteiger partial charge on any atom is 0.224 e. The molecule has 0 aromatic carbocycles. The molecule has 3 atom stereocenters. The average Bonchev–Trinajstić information content (AvgIpc) is 2.36. The second-order valence-corrected chi connectivity index (χ2v) is 4.30. The van der Waals surface area contributed by atoms with Crippen LogP contribution < -0.4 is 5.32 Å².